The van der Waals surface area contributed by atoms with Crippen molar-refractivity contribution >= 4 is 96.3 Å². The van der Waals surface area contributed by atoms with E-state index in [1.165, 1.54) is 61.8 Å². The van der Waals surface area contributed by atoms with Crippen LogP contribution in [0.3, 0.4) is 0 Å². The van der Waals surface area contributed by atoms with Crippen LogP contribution in [0, 0.1) is 0 Å². The normalized spacial score (nSPS) is 16.9. The van der Waals surface area contributed by atoms with E-state index in [0.717, 1.165) is 4.68 Å². The van der Waals surface area contributed by atoms with Crippen molar-refractivity contribution in [3.63, 3.8) is 0 Å². The molecular formula is C43H50N8O16S6. The van der Waals surface area contributed by atoms with E-state index >= 15 is 0 Å². The van der Waals surface area contributed by atoms with Crippen molar-refractivity contribution in [3.8, 4) is 0 Å². The van der Waals surface area contributed by atoms with Gasteiger partial charge < -0.3 is 14.8 Å². The van der Waals surface area contributed by atoms with Crippen LogP contribution in [-0.4, -0.2) is 128 Å². The van der Waals surface area contributed by atoms with Crippen molar-refractivity contribution in [2.45, 2.75) is 71.9 Å². The lowest BCUT2D eigenvalue weighted by Crippen LogP contribution is -2.28. The molecule has 2 amide bonds. The number of hydrogen-bond donors (Lipinski definition) is 5. The molecule has 4 aromatic rings. The van der Waals surface area contributed by atoms with Crippen LogP contribution in [-0.2, 0) is 73.2 Å². The zero-order valence-corrected chi connectivity index (χ0v) is 44.4. The van der Waals surface area contributed by atoms with Crippen molar-refractivity contribution in [2.75, 3.05) is 36.0 Å². The summed E-state index contributed by atoms with van der Waals surface area (Å²) in [5, 5.41) is 11.4. The van der Waals surface area contributed by atoms with Gasteiger partial charge in [-0.1, -0.05) is 31.3 Å². The van der Waals surface area contributed by atoms with Crippen LogP contribution in [0.15, 0.2) is 104 Å². The van der Waals surface area contributed by atoms with Gasteiger partial charge in [-0.15, -0.1) is 5.10 Å². The van der Waals surface area contributed by atoms with Crippen LogP contribution in [0.1, 0.15) is 74.1 Å². The lowest BCUT2D eigenvalue weighted by atomic mass is 9.81. The van der Waals surface area contributed by atoms with Gasteiger partial charge in [0.05, 0.1) is 42.3 Å². The van der Waals surface area contributed by atoms with Gasteiger partial charge >= 0.3 is 0 Å². The number of rotatable bonds is 19. The Kier molecular flexibility index (Phi) is 16.2. The van der Waals surface area contributed by atoms with E-state index in [4.69, 9.17) is 5.14 Å². The number of primary sulfonamides is 1. The molecule has 2 aliphatic rings. The Balaban J connectivity index is 1.42. The molecule has 0 fully saturated rings. The van der Waals surface area contributed by atoms with Crippen molar-refractivity contribution in [3.05, 3.63) is 112 Å². The second kappa shape index (κ2) is 20.9. The molecule has 2 aromatic carbocycles. The molecule has 4 heterocycles. The number of nitrogens with one attached hydrogen (secondary N) is 1. The Hall–Kier alpha value is -5.67. The lowest BCUT2D eigenvalue weighted by molar-refractivity contribution is -0.437. The van der Waals surface area contributed by atoms with Crippen LogP contribution in [0.25, 0.3) is 5.57 Å². The number of carbonyl (C=O) groups excluding carboxylic acids is 2. The van der Waals surface area contributed by atoms with Gasteiger partial charge in [0.2, 0.25) is 20.7 Å². The summed E-state index contributed by atoms with van der Waals surface area (Å²) in [5.74, 6) is -2.65. The largest absolute Gasteiger partial charge is 0.748 e. The van der Waals surface area contributed by atoms with Gasteiger partial charge in [0.25, 0.3) is 46.3 Å². The predicted molar refractivity (Wildman–Crippen MR) is 265 cm³/mol. The average molecular weight is 1130 g/mol. The molecule has 2 aromatic heterocycles. The van der Waals surface area contributed by atoms with Gasteiger partial charge in [0.15, 0.2) is 5.71 Å². The second-order valence-corrected chi connectivity index (χ2v) is 26.4. The van der Waals surface area contributed by atoms with Crippen LogP contribution in [0.5, 0.6) is 0 Å². The van der Waals surface area contributed by atoms with Crippen LogP contribution in [0.2, 0.25) is 0 Å². The molecule has 0 aliphatic carbocycles. The fourth-order valence-corrected chi connectivity index (χ4v) is 11.8. The number of allylic oxidation sites excluding steroid dienone is 6. The molecule has 0 unspecified atom stereocenters. The maximum atomic E-state index is 13.3. The first-order valence-electron chi connectivity index (χ1n) is 21.6. The monoisotopic (exact) mass is 1130 g/mol. The fourth-order valence-electron chi connectivity index (χ4n) is 8.27. The van der Waals surface area contributed by atoms with Gasteiger partial charge in [0, 0.05) is 85.0 Å². The van der Waals surface area contributed by atoms with E-state index in [9.17, 15) is 69.9 Å². The average Bonchev–Trinajstić information content (AvgIpc) is 3.82. The predicted octanol–water partition coefficient (Wildman–Crippen LogP) is 2.18. The highest BCUT2D eigenvalue weighted by atomic mass is 32.3. The first kappa shape index (κ1) is 56.6. The minimum Gasteiger partial charge on any atom is -0.748 e. The molecule has 0 saturated carbocycles. The molecule has 0 atom stereocenters. The van der Waals surface area contributed by atoms with Gasteiger partial charge in [0.1, 0.15) is 6.54 Å². The molecule has 0 radical (unpaired) electrons. The van der Waals surface area contributed by atoms with E-state index in [0.29, 0.717) is 50.8 Å². The number of aromatic nitrogens is 3. The third-order valence-corrected chi connectivity index (χ3v) is 17.4. The van der Waals surface area contributed by atoms with E-state index in [1.54, 1.807) is 61.5 Å². The number of carbonyl (C=O) groups is 2. The number of nitrogens with zero attached hydrogens (tertiary/aromatic N) is 6. The van der Waals surface area contributed by atoms with E-state index in [-0.39, 0.29) is 55.0 Å². The number of sulfonamides is 1. The molecule has 6 rings (SSSR count). The van der Waals surface area contributed by atoms with E-state index < -0.39 is 98.8 Å². The quantitative estimate of drug-likeness (QED) is 0.0510. The molecule has 73 heavy (non-hydrogen) atoms. The van der Waals surface area contributed by atoms with E-state index in [1.807, 2.05) is 0 Å². The SMILES string of the molecule is Cn1nc(S(N)(=O)=O)s/c1=N/C(=O)CCNC(=O)c1ccc(C(=C\C=C2\N(CCCS(=O)(=O)O)c3ccc(S(=O)(=O)O)cc3C2(C)C)/C=C/C2=[N+](CCCS(=O)(=O)[O-])c3ccc(S(=O)(=O)O)cc3C2(C)C)nc1. The highest BCUT2D eigenvalue weighted by molar-refractivity contribution is 7.91. The summed E-state index contributed by atoms with van der Waals surface area (Å²) in [7, 11) is -21.1. The third-order valence-electron chi connectivity index (χ3n) is 11.8. The Morgan fingerprint density at radius 2 is 1.52 bits per heavy atom. The Bertz CT molecular complexity index is 3690. The molecular weight excluding hydrogens is 1080 g/mol. The Morgan fingerprint density at radius 3 is 2.10 bits per heavy atom. The second-order valence-electron chi connectivity index (χ2n) is 17.8. The molecule has 0 spiro atoms. The minimum atomic E-state index is -4.66. The summed E-state index contributed by atoms with van der Waals surface area (Å²) >= 11 is 0.582. The van der Waals surface area contributed by atoms with Crippen LogP contribution >= 0.6 is 11.3 Å². The molecule has 0 bridgehead atoms. The van der Waals surface area contributed by atoms with Gasteiger partial charge in [-0.05, 0) is 80.4 Å². The highest BCUT2D eigenvalue weighted by Gasteiger charge is 2.45. The lowest BCUT2D eigenvalue weighted by Gasteiger charge is -2.27. The molecule has 394 valence electrons. The number of amides is 2. The maximum Gasteiger partial charge on any atom is 0.294 e. The maximum absolute atomic E-state index is 13.3. The zero-order chi connectivity index (χ0) is 54.3. The summed E-state index contributed by atoms with van der Waals surface area (Å²) in [4.78, 5) is 35.2. The summed E-state index contributed by atoms with van der Waals surface area (Å²) in [5.41, 5.74) is 1.41. The Labute approximate surface area is 425 Å². The number of anilines is 1. The number of benzene rings is 2. The van der Waals surface area contributed by atoms with Gasteiger partial charge in [-0.25, -0.2) is 26.7 Å². The molecule has 2 aliphatic heterocycles. The first-order chi connectivity index (χ1) is 33.6. The first-order valence-corrected chi connectivity index (χ1v) is 30.1. The number of aryl methyl sites for hydroxylation is 1. The van der Waals surface area contributed by atoms with Crippen molar-refractivity contribution in [1.29, 1.82) is 0 Å². The third kappa shape index (κ3) is 13.6. The molecule has 6 N–H and O–H groups in total. The smallest absolute Gasteiger partial charge is 0.294 e. The number of hydrogen-bond acceptors (Lipinski definition) is 17. The summed E-state index contributed by atoms with van der Waals surface area (Å²) in [6, 6.07) is 10.8. The summed E-state index contributed by atoms with van der Waals surface area (Å²) in [6.45, 7) is 6.87. The number of pyridine rings is 1. The molecule has 0 saturated heterocycles. The van der Waals surface area contributed by atoms with Gasteiger partial charge in [-0.3, -0.25) is 28.2 Å². The van der Waals surface area contributed by atoms with Crippen LogP contribution in [0.4, 0.5) is 11.4 Å². The molecule has 24 nitrogen and oxygen atoms in total. The van der Waals surface area contributed by atoms with Crippen molar-refractivity contribution in [2.24, 2.45) is 17.2 Å². The van der Waals surface area contributed by atoms with E-state index in [2.05, 4.69) is 20.4 Å². The summed E-state index contributed by atoms with van der Waals surface area (Å²) in [6.07, 6.45) is 7.36. The zero-order valence-electron chi connectivity index (χ0n) is 39.5. The van der Waals surface area contributed by atoms with Crippen LogP contribution < -0.4 is 20.2 Å². The van der Waals surface area contributed by atoms with Crippen molar-refractivity contribution < 1.29 is 74.5 Å². The topological polar surface area (TPSA) is 376 Å². The standard InChI is InChI=1S/C43H50N8O16S6/c1-42(2)31-24-29(72(62,63)64)11-14-34(31)50(20-6-22-69(54,55)56)36(42)16-9-27(10-17-37-43(3,4)32-25-30(73(65,66)67)12-15-35(32)51(37)21-7-23-70(57,58)59)33-13-8-28(26-46-33)39(53)45-19-18-38(52)47-40-49(5)48-41(68-40)71(44,60)61/h8-17,24-26H,6-7,18-23H2,1-5H3,(H6-,44,45,53,54,55,56,57,58,59,60,61,62,63,64,65,66,67)/b47-40+. The number of fused-ring (bicyclic) bond motifs is 2. The Morgan fingerprint density at radius 1 is 0.877 bits per heavy atom. The fraction of sp³-hybridized carbons (Fsp3) is 0.349. The molecule has 30 heteroatoms. The minimum absolute atomic E-state index is 0.0153. The van der Waals surface area contributed by atoms with Crippen molar-refractivity contribution in [1.82, 2.24) is 20.1 Å². The number of nitrogens with two attached hydrogens (primary N) is 1. The van der Waals surface area contributed by atoms with Gasteiger partial charge in [-0.2, -0.15) is 34.8 Å². The highest BCUT2D eigenvalue weighted by Crippen LogP contribution is 2.49. The summed E-state index contributed by atoms with van der Waals surface area (Å²) < 4.78 is 163.